The van der Waals surface area contributed by atoms with E-state index in [9.17, 15) is 14.7 Å². The Bertz CT molecular complexity index is 1260. The lowest BCUT2D eigenvalue weighted by atomic mass is 9.88. The maximum atomic E-state index is 12.9. The van der Waals surface area contributed by atoms with Crippen molar-refractivity contribution in [1.29, 1.82) is 0 Å². The molecule has 1 saturated carbocycles. The third-order valence-electron chi connectivity index (χ3n) is 6.42. The van der Waals surface area contributed by atoms with Crippen LogP contribution in [0.5, 0.6) is 11.5 Å². The SMILES string of the molecule is COc1ccc(-c2ccc(OC3CCCCC3C)c(NC(=O)Nc3ccccc3Cl)c2)cc1C(=O)O. The Labute approximate surface area is 215 Å². The van der Waals surface area contributed by atoms with Gasteiger partial charge in [0, 0.05) is 0 Å². The average molecular weight is 509 g/mol. The minimum Gasteiger partial charge on any atom is -0.496 e. The first-order chi connectivity index (χ1) is 17.4. The fourth-order valence-electron chi connectivity index (χ4n) is 4.42. The number of amides is 2. The number of methoxy groups -OCH3 is 1. The van der Waals surface area contributed by atoms with E-state index in [0.717, 1.165) is 24.8 Å². The Hall–Kier alpha value is -3.71. The summed E-state index contributed by atoms with van der Waals surface area (Å²) in [6, 6.07) is 16.9. The van der Waals surface area contributed by atoms with Gasteiger partial charge in [-0.15, -0.1) is 0 Å². The number of hydrogen-bond donors (Lipinski definition) is 3. The summed E-state index contributed by atoms with van der Waals surface area (Å²) < 4.78 is 11.6. The number of halogens is 1. The van der Waals surface area contributed by atoms with Crippen molar-refractivity contribution in [1.82, 2.24) is 0 Å². The smallest absolute Gasteiger partial charge is 0.339 e. The van der Waals surface area contributed by atoms with Crippen LogP contribution in [0.1, 0.15) is 43.0 Å². The molecule has 1 aliphatic carbocycles. The second kappa shape index (κ2) is 11.4. The lowest BCUT2D eigenvalue weighted by Crippen LogP contribution is -2.29. The lowest BCUT2D eigenvalue weighted by molar-refractivity contribution is 0.0693. The molecule has 3 N–H and O–H groups in total. The molecule has 8 heteroatoms. The minimum absolute atomic E-state index is 0.0522. The summed E-state index contributed by atoms with van der Waals surface area (Å²) >= 11 is 6.19. The van der Waals surface area contributed by atoms with Gasteiger partial charge in [0.1, 0.15) is 23.2 Å². The molecule has 0 aliphatic heterocycles. The van der Waals surface area contributed by atoms with Crippen LogP contribution in [0.25, 0.3) is 11.1 Å². The van der Waals surface area contributed by atoms with Crippen LogP contribution in [0.4, 0.5) is 16.2 Å². The van der Waals surface area contributed by atoms with E-state index in [-0.39, 0.29) is 17.4 Å². The number of nitrogens with one attached hydrogen (secondary N) is 2. The zero-order chi connectivity index (χ0) is 25.7. The van der Waals surface area contributed by atoms with Crippen LogP contribution in [0.15, 0.2) is 60.7 Å². The molecule has 0 spiro atoms. The molecule has 2 atom stereocenters. The van der Waals surface area contributed by atoms with Gasteiger partial charge < -0.3 is 25.2 Å². The number of carboxylic acids is 1. The zero-order valence-corrected chi connectivity index (χ0v) is 21.0. The Kier molecular flexibility index (Phi) is 8.00. The van der Waals surface area contributed by atoms with Crippen molar-refractivity contribution in [2.45, 2.75) is 38.7 Å². The molecule has 2 amide bonds. The van der Waals surface area contributed by atoms with E-state index in [4.69, 9.17) is 21.1 Å². The average Bonchev–Trinajstić information content (AvgIpc) is 2.87. The quantitative estimate of drug-likeness (QED) is 0.311. The van der Waals surface area contributed by atoms with Crippen LogP contribution in [0, 0.1) is 5.92 Å². The number of ether oxygens (including phenoxy) is 2. The van der Waals surface area contributed by atoms with E-state index < -0.39 is 12.0 Å². The summed E-state index contributed by atoms with van der Waals surface area (Å²) in [7, 11) is 1.43. The molecule has 1 fully saturated rings. The Morgan fingerprint density at radius 2 is 1.58 bits per heavy atom. The van der Waals surface area contributed by atoms with Crippen molar-refractivity contribution < 1.29 is 24.2 Å². The second-order valence-electron chi connectivity index (χ2n) is 8.91. The topological polar surface area (TPSA) is 96.9 Å². The summed E-state index contributed by atoms with van der Waals surface area (Å²) in [5.41, 5.74) is 2.40. The third-order valence-corrected chi connectivity index (χ3v) is 6.75. The highest BCUT2D eigenvalue weighted by Gasteiger charge is 2.24. The maximum Gasteiger partial charge on any atom is 0.339 e. The standard InChI is InChI=1S/C28H29ClN2O5/c1-17-7-3-6-10-24(17)36-26-14-12-19(18-11-13-25(35-2)20(15-18)27(32)33)16-23(26)31-28(34)30-22-9-5-4-8-21(22)29/h4-5,8-9,11-17,24H,3,6-7,10H2,1-2H3,(H,32,33)(H2,30,31,34). The van der Waals surface area contributed by atoms with E-state index in [1.807, 2.05) is 12.1 Å². The number of benzene rings is 3. The van der Waals surface area contributed by atoms with Crippen molar-refractivity contribution in [3.63, 3.8) is 0 Å². The largest absolute Gasteiger partial charge is 0.496 e. The molecule has 4 rings (SSSR count). The molecule has 7 nitrogen and oxygen atoms in total. The molecule has 0 bridgehead atoms. The number of carbonyl (C=O) groups excluding carboxylic acids is 1. The number of carbonyl (C=O) groups is 2. The van der Waals surface area contributed by atoms with Gasteiger partial charge in [-0.1, -0.05) is 49.2 Å². The summed E-state index contributed by atoms with van der Waals surface area (Å²) in [5, 5.41) is 15.7. The molecule has 0 saturated heterocycles. The monoisotopic (exact) mass is 508 g/mol. The maximum absolute atomic E-state index is 12.9. The van der Waals surface area contributed by atoms with Crippen molar-refractivity contribution in [2.75, 3.05) is 17.7 Å². The number of hydrogen-bond acceptors (Lipinski definition) is 4. The second-order valence-corrected chi connectivity index (χ2v) is 9.32. The first kappa shape index (κ1) is 25.4. The number of para-hydroxylation sites is 1. The number of urea groups is 1. The molecule has 188 valence electrons. The molecule has 0 aromatic heterocycles. The third kappa shape index (κ3) is 5.91. The van der Waals surface area contributed by atoms with Gasteiger partial charge in [0.05, 0.1) is 23.5 Å². The van der Waals surface area contributed by atoms with E-state index in [2.05, 4.69) is 17.6 Å². The number of anilines is 2. The molecule has 1 aliphatic rings. The molecular weight excluding hydrogens is 480 g/mol. The van der Waals surface area contributed by atoms with Gasteiger partial charge in [-0.2, -0.15) is 0 Å². The van der Waals surface area contributed by atoms with Gasteiger partial charge in [-0.25, -0.2) is 9.59 Å². The Balaban J connectivity index is 1.67. The zero-order valence-electron chi connectivity index (χ0n) is 20.2. The number of aromatic carboxylic acids is 1. The molecule has 3 aromatic carbocycles. The predicted octanol–water partition coefficient (Wildman–Crippen LogP) is 7.32. The van der Waals surface area contributed by atoms with Gasteiger partial charge in [0.25, 0.3) is 0 Å². The summed E-state index contributed by atoms with van der Waals surface area (Å²) in [6.45, 7) is 2.18. The highest BCUT2D eigenvalue weighted by atomic mass is 35.5. The fraction of sp³-hybridized carbons (Fsp3) is 0.286. The molecule has 36 heavy (non-hydrogen) atoms. The normalized spacial score (nSPS) is 17.2. The fourth-order valence-corrected chi connectivity index (χ4v) is 4.61. The molecule has 0 radical (unpaired) electrons. The molecular formula is C28H29ClN2O5. The highest BCUT2D eigenvalue weighted by molar-refractivity contribution is 6.33. The van der Waals surface area contributed by atoms with Crippen molar-refractivity contribution in [3.8, 4) is 22.6 Å². The minimum atomic E-state index is -1.09. The summed E-state index contributed by atoms with van der Waals surface area (Å²) in [4.78, 5) is 24.6. The van der Waals surface area contributed by atoms with Crippen LogP contribution in [-0.2, 0) is 0 Å². The van der Waals surface area contributed by atoms with Gasteiger partial charge >= 0.3 is 12.0 Å². The van der Waals surface area contributed by atoms with E-state index in [1.54, 1.807) is 48.5 Å². The molecule has 0 heterocycles. The van der Waals surface area contributed by atoms with Gasteiger partial charge in [0.2, 0.25) is 0 Å². The molecule has 3 aromatic rings. The van der Waals surface area contributed by atoms with Crippen LogP contribution < -0.4 is 20.1 Å². The van der Waals surface area contributed by atoms with Crippen LogP contribution in [0.3, 0.4) is 0 Å². The predicted molar refractivity (Wildman–Crippen MR) is 142 cm³/mol. The van der Waals surface area contributed by atoms with E-state index in [1.165, 1.54) is 13.5 Å². The van der Waals surface area contributed by atoms with Crippen molar-refractivity contribution >= 4 is 35.0 Å². The first-order valence-electron chi connectivity index (χ1n) is 11.9. The van der Waals surface area contributed by atoms with Crippen LogP contribution >= 0.6 is 11.6 Å². The Morgan fingerprint density at radius 1 is 0.917 bits per heavy atom. The van der Waals surface area contributed by atoms with E-state index >= 15 is 0 Å². The van der Waals surface area contributed by atoms with Crippen LogP contribution in [-0.4, -0.2) is 30.3 Å². The summed E-state index contributed by atoms with van der Waals surface area (Å²) in [5.74, 6) is 0.147. The lowest BCUT2D eigenvalue weighted by Gasteiger charge is -2.30. The van der Waals surface area contributed by atoms with Crippen molar-refractivity contribution in [2.24, 2.45) is 5.92 Å². The molecule has 2 unspecified atom stereocenters. The van der Waals surface area contributed by atoms with Gasteiger partial charge in [-0.05, 0) is 72.7 Å². The summed E-state index contributed by atoms with van der Waals surface area (Å²) in [6.07, 6.45) is 4.40. The number of carboxylic acid groups (broad SMARTS) is 1. The Morgan fingerprint density at radius 3 is 2.28 bits per heavy atom. The van der Waals surface area contributed by atoms with Gasteiger partial charge in [0.15, 0.2) is 0 Å². The first-order valence-corrected chi connectivity index (χ1v) is 12.3. The number of rotatable bonds is 7. The van der Waals surface area contributed by atoms with Crippen molar-refractivity contribution in [3.05, 3.63) is 71.2 Å². The van der Waals surface area contributed by atoms with Crippen LogP contribution in [0.2, 0.25) is 5.02 Å². The van der Waals surface area contributed by atoms with E-state index in [0.29, 0.717) is 33.6 Å². The van der Waals surface area contributed by atoms with Gasteiger partial charge in [-0.3, -0.25) is 0 Å². The highest BCUT2D eigenvalue weighted by Crippen LogP contribution is 2.36.